The van der Waals surface area contributed by atoms with Crippen LogP contribution in [0, 0.1) is 0 Å². The molecule has 0 heterocycles. The monoisotopic (exact) mass is 231 g/mol. The summed E-state index contributed by atoms with van der Waals surface area (Å²) in [6.45, 7) is -4.53. The highest BCUT2D eigenvalue weighted by molar-refractivity contribution is 9.09. The van der Waals surface area contributed by atoms with E-state index in [1.54, 1.807) is 0 Å². The van der Waals surface area contributed by atoms with E-state index in [0.29, 0.717) is 12.8 Å². The van der Waals surface area contributed by atoms with Crippen LogP contribution in [-0.2, 0) is 0 Å². The molecule has 0 saturated heterocycles. The third-order valence-electron chi connectivity index (χ3n) is 1.42. The molecule has 0 aliphatic carbocycles. The van der Waals surface area contributed by atoms with Gasteiger partial charge >= 0.3 is 6.98 Å². The molecule has 0 spiro atoms. The highest BCUT2D eigenvalue weighted by Gasteiger charge is 2.20. The van der Waals surface area contributed by atoms with E-state index in [1.165, 1.54) is 0 Å². The normalized spacial score (nSPS) is 12.0. The Morgan fingerprint density at radius 1 is 0.909 bits per heavy atom. The zero-order valence-electron chi connectivity index (χ0n) is 6.33. The van der Waals surface area contributed by atoms with Crippen molar-refractivity contribution in [1.82, 2.24) is 0 Å². The van der Waals surface area contributed by atoms with Crippen LogP contribution in [0.4, 0.5) is 12.9 Å². The largest absolute Gasteiger partial charge is 0.478 e. The number of halogens is 4. The zero-order valence-corrected chi connectivity index (χ0v) is 7.92. The SMILES string of the molecule is F[B-](F)(F)CCCCCCBr. The molecule has 0 aromatic heterocycles. The standard InChI is InChI=1S/C6H12BBrF3/c8-6-4-2-1-3-5-7(9,10)11/h1-6H2/q-1. The summed E-state index contributed by atoms with van der Waals surface area (Å²) < 4.78 is 34.9. The van der Waals surface area contributed by atoms with Crippen LogP contribution in [0.25, 0.3) is 0 Å². The highest BCUT2D eigenvalue weighted by Crippen LogP contribution is 2.19. The van der Waals surface area contributed by atoms with Gasteiger partial charge in [0.1, 0.15) is 0 Å². The molecule has 0 aliphatic heterocycles. The minimum absolute atomic E-state index is 0.302. The summed E-state index contributed by atoms with van der Waals surface area (Å²) in [6.07, 6.45) is 2.31. The molecule has 5 heteroatoms. The first-order valence-electron chi connectivity index (χ1n) is 3.83. The Balaban J connectivity index is 3.02. The van der Waals surface area contributed by atoms with Gasteiger partial charge in [-0.25, -0.2) is 0 Å². The molecule has 0 aliphatic rings. The highest BCUT2D eigenvalue weighted by atomic mass is 79.9. The van der Waals surface area contributed by atoms with Crippen LogP contribution in [-0.4, -0.2) is 12.3 Å². The van der Waals surface area contributed by atoms with E-state index >= 15 is 0 Å². The van der Waals surface area contributed by atoms with Gasteiger partial charge in [0.25, 0.3) is 0 Å². The van der Waals surface area contributed by atoms with E-state index in [2.05, 4.69) is 15.9 Å². The number of rotatable bonds is 6. The second kappa shape index (κ2) is 5.92. The van der Waals surface area contributed by atoms with Gasteiger partial charge in [-0.15, -0.1) is 0 Å². The maximum atomic E-state index is 11.6. The lowest BCUT2D eigenvalue weighted by Crippen LogP contribution is -2.13. The Hall–Kier alpha value is 0.335. The number of alkyl halides is 1. The fourth-order valence-corrected chi connectivity index (χ4v) is 1.22. The summed E-state index contributed by atoms with van der Waals surface area (Å²) in [5.41, 5.74) is 0. The average molecular weight is 232 g/mol. The van der Waals surface area contributed by atoms with E-state index in [1.807, 2.05) is 0 Å². The van der Waals surface area contributed by atoms with Crippen LogP contribution in [0.1, 0.15) is 25.7 Å². The lowest BCUT2D eigenvalue weighted by molar-refractivity contribution is 0.460. The molecule has 0 N–H and O–H groups in total. The van der Waals surface area contributed by atoms with Crippen LogP contribution >= 0.6 is 15.9 Å². The first-order chi connectivity index (χ1) is 5.06. The zero-order chi connectivity index (χ0) is 8.74. The molecule has 0 atom stereocenters. The third-order valence-corrected chi connectivity index (χ3v) is 1.98. The van der Waals surface area contributed by atoms with Crippen molar-refractivity contribution in [2.45, 2.75) is 32.0 Å². The molecule has 0 aromatic rings. The van der Waals surface area contributed by atoms with E-state index in [-0.39, 0.29) is 0 Å². The predicted octanol–water partition coefficient (Wildman–Crippen LogP) is 3.79. The molecule has 0 nitrogen and oxygen atoms in total. The fourth-order valence-electron chi connectivity index (χ4n) is 0.824. The molecule has 0 unspecified atom stereocenters. The minimum atomic E-state index is -4.53. The van der Waals surface area contributed by atoms with Gasteiger partial charge in [-0.1, -0.05) is 41.5 Å². The lowest BCUT2D eigenvalue weighted by atomic mass is 9.83. The van der Waals surface area contributed by atoms with E-state index < -0.39 is 13.3 Å². The van der Waals surface area contributed by atoms with Gasteiger partial charge in [0.15, 0.2) is 0 Å². The number of unbranched alkanes of at least 4 members (excludes halogenated alkanes) is 3. The number of hydrogen-bond acceptors (Lipinski definition) is 0. The summed E-state index contributed by atoms with van der Waals surface area (Å²) in [6, 6.07) is 0. The van der Waals surface area contributed by atoms with E-state index in [9.17, 15) is 12.9 Å². The molecular formula is C6H12BBrF3-. The summed E-state index contributed by atoms with van der Waals surface area (Å²) in [4.78, 5) is 0. The molecule has 0 radical (unpaired) electrons. The van der Waals surface area contributed by atoms with Gasteiger partial charge < -0.3 is 12.9 Å². The quantitative estimate of drug-likeness (QED) is 0.371. The molecular weight excluding hydrogens is 220 g/mol. The fraction of sp³-hybridized carbons (Fsp3) is 1.00. The van der Waals surface area contributed by atoms with Crippen molar-refractivity contribution in [2.75, 3.05) is 5.33 Å². The van der Waals surface area contributed by atoms with E-state index in [4.69, 9.17) is 0 Å². The molecule has 0 bridgehead atoms. The van der Waals surface area contributed by atoms with Crippen LogP contribution in [0.15, 0.2) is 0 Å². The first-order valence-corrected chi connectivity index (χ1v) is 4.95. The van der Waals surface area contributed by atoms with Crippen LogP contribution in [0.5, 0.6) is 0 Å². The summed E-state index contributed by atoms with van der Waals surface area (Å²) in [5.74, 6) is 0. The van der Waals surface area contributed by atoms with Crippen molar-refractivity contribution < 1.29 is 12.9 Å². The van der Waals surface area contributed by atoms with Crippen molar-refractivity contribution in [1.29, 1.82) is 0 Å². The van der Waals surface area contributed by atoms with Crippen LogP contribution in [0.3, 0.4) is 0 Å². The maximum Gasteiger partial charge on any atom is 0.478 e. The molecule has 0 amide bonds. The minimum Gasteiger partial charge on any atom is -0.449 e. The van der Waals surface area contributed by atoms with Crippen molar-refractivity contribution >= 4 is 22.9 Å². The van der Waals surface area contributed by atoms with Crippen LogP contribution < -0.4 is 0 Å². The predicted molar refractivity (Wildman–Crippen MR) is 46.1 cm³/mol. The molecule has 11 heavy (non-hydrogen) atoms. The van der Waals surface area contributed by atoms with Gasteiger partial charge in [0.2, 0.25) is 0 Å². The Labute approximate surface area is 73.7 Å². The second-order valence-electron chi connectivity index (χ2n) is 2.60. The second-order valence-corrected chi connectivity index (χ2v) is 3.40. The first kappa shape index (κ1) is 11.3. The summed E-state index contributed by atoms with van der Waals surface area (Å²) in [5, 5.41) is 0.893. The average Bonchev–Trinajstić information content (AvgIpc) is 1.85. The lowest BCUT2D eigenvalue weighted by Gasteiger charge is -2.12. The van der Waals surface area contributed by atoms with Gasteiger partial charge in [-0.2, -0.15) is 0 Å². The third kappa shape index (κ3) is 10.3. The Morgan fingerprint density at radius 2 is 1.45 bits per heavy atom. The van der Waals surface area contributed by atoms with Crippen molar-refractivity contribution in [3.05, 3.63) is 0 Å². The van der Waals surface area contributed by atoms with Crippen LogP contribution in [0.2, 0.25) is 6.32 Å². The smallest absolute Gasteiger partial charge is 0.449 e. The topological polar surface area (TPSA) is 0 Å². The molecule has 0 rings (SSSR count). The Kier molecular flexibility index (Phi) is 6.10. The van der Waals surface area contributed by atoms with Gasteiger partial charge in [-0.05, 0) is 6.42 Å². The molecule has 0 saturated carbocycles. The Bertz CT molecular complexity index is 94.3. The maximum absolute atomic E-state index is 11.6. The summed E-state index contributed by atoms with van der Waals surface area (Å²) in [7, 11) is 0. The van der Waals surface area contributed by atoms with Gasteiger partial charge in [0, 0.05) is 5.33 Å². The molecule has 68 valence electrons. The summed E-state index contributed by atoms with van der Waals surface area (Å²) >= 11 is 3.22. The van der Waals surface area contributed by atoms with Crippen molar-refractivity contribution in [3.63, 3.8) is 0 Å². The Morgan fingerprint density at radius 3 is 1.91 bits per heavy atom. The molecule has 0 aromatic carbocycles. The van der Waals surface area contributed by atoms with Crippen molar-refractivity contribution in [3.8, 4) is 0 Å². The van der Waals surface area contributed by atoms with Crippen molar-refractivity contribution in [2.24, 2.45) is 0 Å². The molecule has 0 fully saturated rings. The van der Waals surface area contributed by atoms with Gasteiger partial charge in [0.05, 0.1) is 0 Å². The van der Waals surface area contributed by atoms with Gasteiger partial charge in [-0.3, -0.25) is 0 Å². The van der Waals surface area contributed by atoms with E-state index in [0.717, 1.165) is 18.2 Å². The number of hydrogen-bond donors (Lipinski definition) is 0.